The van der Waals surface area contributed by atoms with Crippen LogP contribution in [0.5, 0.6) is 0 Å². The number of aliphatic hydroxyl groups is 1. The number of likely N-dealkylation sites (tertiary alicyclic amines) is 1. The molecule has 0 saturated carbocycles. The van der Waals surface area contributed by atoms with Crippen molar-refractivity contribution in [2.24, 2.45) is 0 Å². The summed E-state index contributed by atoms with van der Waals surface area (Å²) in [5, 5.41) is 12.3. The zero-order valence-electron chi connectivity index (χ0n) is 15.8. The predicted molar refractivity (Wildman–Crippen MR) is 117 cm³/mol. The molecular formula is C21H22Cl3N3O2. The maximum Gasteiger partial charge on any atom is 0.253 e. The van der Waals surface area contributed by atoms with Crippen molar-refractivity contribution in [2.45, 2.75) is 12.1 Å². The number of hydrogen-bond acceptors (Lipinski definition) is 4. The standard InChI is InChI=1S/C21H22Cl3N3O2/c22-15-3-1-14(2-4-15)21(29)27-12-19(20(28)13-27)26-9-7-25(8-10-26)16-5-6-17(23)18(24)11-16/h1-6,11,19-20,28H,7-10,12-13H2/t19-,20-/m0/s1. The smallest absolute Gasteiger partial charge is 0.253 e. The van der Waals surface area contributed by atoms with Crippen molar-refractivity contribution >= 4 is 46.4 Å². The fraction of sp³-hybridized carbons (Fsp3) is 0.381. The number of hydrogen-bond donors (Lipinski definition) is 1. The van der Waals surface area contributed by atoms with Gasteiger partial charge >= 0.3 is 0 Å². The zero-order valence-corrected chi connectivity index (χ0v) is 18.0. The van der Waals surface area contributed by atoms with E-state index in [9.17, 15) is 9.90 Å². The van der Waals surface area contributed by atoms with E-state index in [4.69, 9.17) is 34.8 Å². The Hall–Kier alpha value is -1.50. The normalized spacial score (nSPS) is 22.9. The number of nitrogens with zero attached hydrogens (tertiary/aromatic N) is 3. The summed E-state index contributed by atoms with van der Waals surface area (Å²) in [4.78, 5) is 19.0. The lowest BCUT2D eigenvalue weighted by atomic mass is 10.1. The quantitative estimate of drug-likeness (QED) is 0.769. The van der Waals surface area contributed by atoms with Crippen LogP contribution in [0.1, 0.15) is 10.4 Å². The fourth-order valence-corrected chi connectivity index (χ4v) is 4.48. The molecule has 0 spiro atoms. The van der Waals surface area contributed by atoms with Gasteiger partial charge in [-0.15, -0.1) is 0 Å². The molecule has 1 amide bonds. The molecule has 2 aliphatic heterocycles. The van der Waals surface area contributed by atoms with Crippen LogP contribution < -0.4 is 4.90 Å². The van der Waals surface area contributed by atoms with Crippen molar-refractivity contribution < 1.29 is 9.90 Å². The average molecular weight is 455 g/mol. The number of piperazine rings is 1. The Morgan fingerprint density at radius 2 is 1.59 bits per heavy atom. The van der Waals surface area contributed by atoms with E-state index in [0.717, 1.165) is 31.9 Å². The summed E-state index contributed by atoms with van der Waals surface area (Å²) < 4.78 is 0. The largest absolute Gasteiger partial charge is 0.390 e. The molecule has 29 heavy (non-hydrogen) atoms. The van der Waals surface area contributed by atoms with Crippen LogP contribution >= 0.6 is 34.8 Å². The second-order valence-electron chi connectivity index (χ2n) is 7.47. The van der Waals surface area contributed by atoms with Crippen LogP contribution in [0.25, 0.3) is 0 Å². The van der Waals surface area contributed by atoms with Gasteiger partial charge in [-0.05, 0) is 42.5 Å². The predicted octanol–water partition coefficient (Wildman–Crippen LogP) is 3.65. The van der Waals surface area contributed by atoms with Gasteiger partial charge in [-0.2, -0.15) is 0 Å². The summed E-state index contributed by atoms with van der Waals surface area (Å²) >= 11 is 18.1. The molecule has 2 heterocycles. The Kier molecular flexibility index (Phi) is 6.23. The lowest BCUT2D eigenvalue weighted by Gasteiger charge is -2.39. The molecule has 8 heteroatoms. The molecule has 154 valence electrons. The number of anilines is 1. The first-order valence-electron chi connectivity index (χ1n) is 9.59. The third kappa shape index (κ3) is 4.49. The minimum Gasteiger partial charge on any atom is -0.390 e. The van der Waals surface area contributed by atoms with E-state index < -0.39 is 6.10 Å². The van der Waals surface area contributed by atoms with Gasteiger partial charge in [0.05, 0.1) is 22.2 Å². The molecule has 0 unspecified atom stereocenters. The van der Waals surface area contributed by atoms with Crippen LogP contribution in [0.15, 0.2) is 42.5 Å². The number of halogens is 3. The van der Waals surface area contributed by atoms with Gasteiger partial charge in [0.2, 0.25) is 0 Å². The number of aliphatic hydroxyl groups excluding tert-OH is 1. The van der Waals surface area contributed by atoms with E-state index in [0.29, 0.717) is 33.7 Å². The second-order valence-corrected chi connectivity index (χ2v) is 8.72. The van der Waals surface area contributed by atoms with Gasteiger partial charge in [0.15, 0.2) is 0 Å². The van der Waals surface area contributed by atoms with Crippen LogP contribution in [0.4, 0.5) is 5.69 Å². The Morgan fingerprint density at radius 3 is 2.24 bits per heavy atom. The first-order valence-corrected chi connectivity index (χ1v) is 10.7. The van der Waals surface area contributed by atoms with Gasteiger partial charge in [-0.25, -0.2) is 0 Å². The summed E-state index contributed by atoms with van der Waals surface area (Å²) in [5.41, 5.74) is 1.64. The molecule has 4 rings (SSSR count). The van der Waals surface area contributed by atoms with Gasteiger partial charge in [0.25, 0.3) is 5.91 Å². The van der Waals surface area contributed by atoms with Gasteiger partial charge in [-0.3, -0.25) is 9.69 Å². The van der Waals surface area contributed by atoms with E-state index >= 15 is 0 Å². The summed E-state index contributed by atoms with van der Waals surface area (Å²) in [6.07, 6.45) is -0.553. The molecule has 0 aliphatic carbocycles. The Bertz CT molecular complexity index is 885. The summed E-state index contributed by atoms with van der Waals surface area (Å²) in [5.74, 6) is -0.0716. The molecule has 0 radical (unpaired) electrons. The highest BCUT2D eigenvalue weighted by Gasteiger charge is 2.38. The lowest BCUT2D eigenvalue weighted by Crippen LogP contribution is -2.53. The van der Waals surface area contributed by atoms with Crippen LogP contribution in [-0.2, 0) is 0 Å². The summed E-state index contributed by atoms with van der Waals surface area (Å²) in [7, 11) is 0. The first kappa shape index (κ1) is 20.8. The molecule has 2 aromatic carbocycles. The second kappa shape index (κ2) is 8.70. The molecule has 0 bridgehead atoms. The molecule has 5 nitrogen and oxygen atoms in total. The van der Waals surface area contributed by atoms with Crippen LogP contribution in [0, 0.1) is 0 Å². The van der Waals surface area contributed by atoms with Crippen LogP contribution in [0.2, 0.25) is 15.1 Å². The number of carbonyl (C=O) groups excluding carboxylic acids is 1. The zero-order chi connectivity index (χ0) is 20.5. The third-order valence-corrected chi connectivity index (χ3v) is 6.68. The van der Waals surface area contributed by atoms with E-state index in [1.807, 2.05) is 18.2 Å². The van der Waals surface area contributed by atoms with Crippen LogP contribution in [-0.4, -0.2) is 72.2 Å². The van der Waals surface area contributed by atoms with Crippen molar-refractivity contribution in [3.8, 4) is 0 Å². The maximum absolute atomic E-state index is 12.8. The minimum absolute atomic E-state index is 0.0535. The minimum atomic E-state index is -0.553. The topological polar surface area (TPSA) is 47.0 Å². The first-order chi connectivity index (χ1) is 13.9. The number of rotatable bonds is 3. The number of carbonyl (C=O) groups is 1. The van der Waals surface area contributed by atoms with Gasteiger partial charge < -0.3 is 14.9 Å². The van der Waals surface area contributed by atoms with E-state index in [2.05, 4.69) is 9.80 Å². The number of amides is 1. The molecule has 2 saturated heterocycles. The van der Waals surface area contributed by atoms with Gasteiger partial charge in [0, 0.05) is 55.5 Å². The molecule has 2 aromatic rings. The van der Waals surface area contributed by atoms with E-state index in [-0.39, 0.29) is 11.9 Å². The fourth-order valence-electron chi connectivity index (χ4n) is 4.06. The Labute approximate surface area is 185 Å². The highest BCUT2D eigenvalue weighted by atomic mass is 35.5. The SMILES string of the molecule is O=C(c1ccc(Cl)cc1)N1C[C@H](O)[C@@H](N2CCN(c3ccc(Cl)c(Cl)c3)CC2)C1. The molecule has 2 fully saturated rings. The number of benzene rings is 2. The highest BCUT2D eigenvalue weighted by molar-refractivity contribution is 6.42. The van der Waals surface area contributed by atoms with E-state index in [1.165, 1.54) is 0 Å². The van der Waals surface area contributed by atoms with Crippen molar-refractivity contribution in [2.75, 3.05) is 44.2 Å². The monoisotopic (exact) mass is 453 g/mol. The molecule has 2 atom stereocenters. The van der Waals surface area contributed by atoms with Crippen LogP contribution in [0.3, 0.4) is 0 Å². The summed E-state index contributed by atoms with van der Waals surface area (Å²) in [6, 6.07) is 12.5. The van der Waals surface area contributed by atoms with Gasteiger partial charge in [0.1, 0.15) is 0 Å². The average Bonchev–Trinajstić information content (AvgIpc) is 3.12. The van der Waals surface area contributed by atoms with Crippen molar-refractivity contribution in [3.05, 3.63) is 63.1 Å². The molecular weight excluding hydrogens is 433 g/mol. The van der Waals surface area contributed by atoms with Crippen molar-refractivity contribution in [3.63, 3.8) is 0 Å². The Morgan fingerprint density at radius 1 is 0.897 bits per heavy atom. The van der Waals surface area contributed by atoms with Crippen molar-refractivity contribution in [1.82, 2.24) is 9.80 Å². The van der Waals surface area contributed by atoms with Gasteiger partial charge in [-0.1, -0.05) is 34.8 Å². The summed E-state index contributed by atoms with van der Waals surface area (Å²) in [6.45, 7) is 4.14. The van der Waals surface area contributed by atoms with E-state index in [1.54, 1.807) is 29.2 Å². The molecule has 2 aliphatic rings. The molecule has 0 aromatic heterocycles. The molecule has 1 N–H and O–H groups in total. The number of β-amino-alcohol motifs (C(OH)–C–C–N with tert-alkyl or cyclic N) is 1. The lowest BCUT2D eigenvalue weighted by molar-refractivity contribution is 0.0754. The van der Waals surface area contributed by atoms with Crippen molar-refractivity contribution in [1.29, 1.82) is 0 Å². The highest BCUT2D eigenvalue weighted by Crippen LogP contribution is 2.28. The Balaban J connectivity index is 1.36. The third-order valence-electron chi connectivity index (χ3n) is 5.69. The maximum atomic E-state index is 12.8.